The van der Waals surface area contributed by atoms with Crippen molar-refractivity contribution >= 4 is 17.6 Å². The van der Waals surface area contributed by atoms with Crippen LogP contribution in [-0.2, 0) is 0 Å². The van der Waals surface area contributed by atoms with E-state index in [1.54, 1.807) is 5.37 Å². The van der Waals surface area contributed by atoms with Crippen molar-refractivity contribution in [3.63, 3.8) is 0 Å². The van der Waals surface area contributed by atoms with Crippen LogP contribution in [0.5, 0.6) is 0 Å². The summed E-state index contributed by atoms with van der Waals surface area (Å²) in [4.78, 5) is 0. The highest BCUT2D eigenvalue weighted by atomic mass is 32.1. The summed E-state index contributed by atoms with van der Waals surface area (Å²) >= 11 is 4.51. The van der Waals surface area contributed by atoms with Crippen molar-refractivity contribution in [1.82, 2.24) is 0 Å². The molecular formula is C5H8S. The molecule has 0 bridgehead atoms. The van der Waals surface area contributed by atoms with Crippen molar-refractivity contribution in [2.24, 2.45) is 0 Å². The van der Waals surface area contributed by atoms with Gasteiger partial charge in [-0.1, -0.05) is 31.3 Å². The van der Waals surface area contributed by atoms with Gasteiger partial charge >= 0.3 is 0 Å². The Morgan fingerprint density at radius 2 is 2.33 bits per heavy atom. The normalized spacial score (nSPS) is 9.50. The van der Waals surface area contributed by atoms with Crippen molar-refractivity contribution in [1.29, 1.82) is 0 Å². The van der Waals surface area contributed by atoms with E-state index in [1.807, 2.05) is 12.2 Å². The summed E-state index contributed by atoms with van der Waals surface area (Å²) < 4.78 is 0. The molecule has 0 rings (SSSR count). The second kappa shape index (κ2) is 4.83. The summed E-state index contributed by atoms with van der Waals surface area (Å²) in [6.45, 7) is 2.08. The van der Waals surface area contributed by atoms with Crippen LogP contribution in [0, 0.1) is 0 Å². The van der Waals surface area contributed by atoms with Crippen LogP contribution >= 0.6 is 12.2 Å². The Kier molecular flexibility index (Phi) is 4.69. The fraction of sp³-hybridized carbons (Fsp3) is 0.400. The number of hydrogen-bond acceptors (Lipinski definition) is 1. The van der Waals surface area contributed by atoms with E-state index < -0.39 is 0 Å². The zero-order valence-corrected chi connectivity index (χ0v) is 4.66. The van der Waals surface area contributed by atoms with Crippen LogP contribution in [0.1, 0.15) is 13.3 Å². The van der Waals surface area contributed by atoms with Crippen LogP contribution in [-0.4, -0.2) is 5.37 Å². The predicted octanol–water partition coefficient (Wildman–Crippen LogP) is 1.95. The Hall–Kier alpha value is -0.170. The first-order chi connectivity index (χ1) is 2.91. The fourth-order valence-electron chi connectivity index (χ4n) is 0.192. The third-order valence-corrected chi connectivity index (χ3v) is 0.607. The Balaban J connectivity index is 2.94. The summed E-state index contributed by atoms with van der Waals surface area (Å²) in [6.07, 6.45) is 4.97. The number of allylic oxidation sites excluding steroid dienone is 2. The van der Waals surface area contributed by atoms with Crippen molar-refractivity contribution in [2.45, 2.75) is 13.3 Å². The van der Waals surface area contributed by atoms with Crippen molar-refractivity contribution in [3.8, 4) is 0 Å². The van der Waals surface area contributed by atoms with Crippen LogP contribution in [0.15, 0.2) is 12.2 Å². The quantitative estimate of drug-likeness (QED) is 0.377. The Morgan fingerprint density at radius 1 is 1.67 bits per heavy atom. The largest absolute Gasteiger partial charge is 0.0887 e. The highest BCUT2D eigenvalue weighted by Crippen LogP contribution is 1.74. The molecule has 0 radical (unpaired) electrons. The van der Waals surface area contributed by atoms with Crippen LogP contribution < -0.4 is 0 Å². The Morgan fingerprint density at radius 3 is 2.50 bits per heavy atom. The zero-order valence-electron chi connectivity index (χ0n) is 3.85. The molecular weight excluding hydrogens is 92.1 g/mol. The topological polar surface area (TPSA) is 0 Å². The van der Waals surface area contributed by atoms with Gasteiger partial charge in [-0.3, -0.25) is 0 Å². The molecule has 0 saturated heterocycles. The van der Waals surface area contributed by atoms with E-state index in [4.69, 9.17) is 0 Å². The molecule has 1 heteroatoms. The van der Waals surface area contributed by atoms with Gasteiger partial charge in [0.05, 0.1) is 0 Å². The van der Waals surface area contributed by atoms with Crippen LogP contribution in [0.4, 0.5) is 0 Å². The smallest absolute Gasteiger partial charge is 0.00103 e. The average Bonchev–Trinajstić information content (AvgIpc) is 1.61. The van der Waals surface area contributed by atoms with Gasteiger partial charge in [0.2, 0.25) is 0 Å². The van der Waals surface area contributed by atoms with E-state index in [2.05, 4.69) is 19.1 Å². The minimum Gasteiger partial charge on any atom is -0.0887 e. The monoisotopic (exact) mass is 100 g/mol. The standard InChI is InChI=1S/C5H8S/c1-2-3-4-5-6/h3-5H,2H2,1H3. The number of rotatable bonds is 2. The molecule has 0 aliphatic carbocycles. The van der Waals surface area contributed by atoms with Crippen LogP contribution in [0.2, 0.25) is 0 Å². The molecule has 0 aromatic heterocycles. The molecule has 0 fully saturated rings. The maximum absolute atomic E-state index is 4.51. The molecule has 34 valence electrons. The van der Waals surface area contributed by atoms with Gasteiger partial charge in [0.1, 0.15) is 0 Å². The SMILES string of the molecule is CCC=CC=S. The summed E-state index contributed by atoms with van der Waals surface area (Å²) in [5.41, 5.74) is 0. The molecule has 0 N–H and O–H groups in total. The summed E-state index contributed by atoms with van der Waals surface area (Å²) in [6, 6.07) is 0. The maximum Gasteiger partial charge on any atom is 0.00103 e. The van der Waals surface area contributed by atoms with Crippen LogP contribution in [0.25, 0.3) is 0 Å². The average molecular weight is 100 g/mol. The highest BCUT2D eigenvalue weighted by Gasteiger charge is 1.56. The van der Waals surface area contributed by atoms with Gasteiger partial charge in [-0.25, -0.2) is 0 Å². The number of thiocarbonyl (C=S) groups is 1. The lowest BCUT2D eigenvalue weighted by Gasteiger charge is -1.66. The van der Waals surface area contributed by atoms with E-state index in [-0.39, 0.29) is 0 Å². The first-order valence-electron chi connectivity index (χ1n) is 2.02. The molecule has 0 aliphatic rings. The minimum absolute atomic E-state index is 1.08. The van der Waals surface area contributed by atoms with E-state index in [0.29, 0.717) is 0 Å². The van der Waals surface area contributed by atoms with Gasteiger partial charge in [0.15, 0.2) is 0 Å². The lowest BCUT2D eigenvalue weighted by atomic mass is 10.4. The van der Waals surface area contributed by atoms with Crippen molar-refractivity contribution in [3.05, 3.63) is 12.2 Å². The fourth-order valence-corrected chi connectivity index (χ4v) is 0.303. The first kappa shape index (κ1) is 5.83. The van der Waals surface area contributed by atoms with Gasteiger partial charge in [0.25, 0.3) is 0 Å². The Labute approximate surface area is 43.9 Å². The molecule has 0 aromatic rings. The molecule has 0 aromatic carbocycles. The molecule has 0 spiro atoms. The third-order valence-electron chi connectivity index (χ3n) is 0.450. The highest BCUT2D eigenvalue weighted by molar-refractivity contribution is 7.79. The van der Waals surface area contributed by atoms with E-state index in [1.165, 1.54) is 0 Å². The molecule has 0 unspecified atom stereocenters. The second-order valence-corrected chi connectivity index (χ2v) is 1.24. The van der Waals surface area contributed by atoms with Gasteiger partial charge < -0.3 is 0 Å². The lowest BCUT2D eigenvalue weighted by molar-refractivity contribution is 1.23. The number of hydrogen-bond donors (Lipinski definition) is 0. The second-order valence-electron chi connectivity index (χ2n) is 0.972. The summed E-state index contributed by atoms with van der Waals surface area (Å²) in [5, 5.41) is 1.61. The molecule has 0 amide bonds. The molecule has 6 heavy (non-hydrogen) atoms. The molecule has 0 aliphatic heterocycles. The zero-order chi connectivity index (χ0) is 4.83. The lowest BCUT2D eigenvalue weighted by Crippen LogP contribution is -1.52. The first-order valence-corrected chi connectivity index (χ1v) is 2.49. The van der Waals surface area contributed by atoms with E-state index in [0.717, 1.165) is 6.42 Å². The summed E-state index contributed by atoms with van der Waals surface area (Å²) in [7, 11) is 0. The van der Waals surface area contributed by atoms with Crippen molar-refractivity contribution in [2.75, 3.05) is 0 Å². The molecule has 0 atom stereocenters. The van der Waals surface area contributed by atoms with Crippen LogP contribution in [0.3, 0.4) is 0 Å². The molecule has 0 nitrogen and oxygen atoms in total. The van der Waals surface area contributed by atoms with Gasteiger partial charge in [0, 0.05) is 5.37 Å². The predicted molar refractivity (Wildman–Crippen MR) is 33.1 cm³/mol. The maximum atomic E-state index is 4.51. The van der Waals surface area contributed by atoms with Gasteiger partial charge in [-0.2, -0.15) is 0 Å². The third kappa shape index (κ3) is 3.83. The van der Waals surface area contributed by atoms with E-state index in [9.17, 15) is 0 Å². The van der Waals surface area contributed by atoms with Crippen molar-refractivity contribution < 1.29 is 0 Å². The minimum atomic E-state index is 1.08. The Bertz CT molecular complexity index is 55.0. The summed E-state index contributed by atoms with van der Waals surface area (Å²) in [5.74, 6) is 0. The molecule has 0 heterocycles. The van der Waals surface area contributed by atoms with Gasteiger partial charge in [-0.15, -0.1) is 0 Å². The van der Waals surface area contributed by atoms with Gasteiger partial charge in [-0.05, 0) is 6.42 Å². The van der Waals surface area contributed by atoms with E-state index >= 15 is 0 Å². The molecule has 0 saturated carbocycles.